The highest BCUT2D eigenvalue weighted by Crippen LogP contribution is 2.41. The van der Waals surface area contributed by atoms with Gasteiger partial charge in [-0.2, -0.15) is 0 Å². The number of aryl methyl sites for hydroxylation is 2. The lowest BCUT2D eigenvalue weighted by Crippen LogP contribution is -2.32. The van der Waals surface area contributed by atoms with Crippen LogP contribution in [-0.4, -0.2) is 11.8 Å². The molecule has 104 valence electrons. The summed E-state index contributed by atoms with van der Waals surface area (Å²) >= 11 is 0. The number of imide groups is 1. The topological polar surface area (TPSA) is 37.4 Å². The molecule has 2 amide bonds. The molecule has 1 fully saturated rings. The van der Waals surface area contributed by atoms with Gasteiger partial charge in [0.2, 0.25) is 11.8 Å². The van der Waals surface area contributed by atoms with E-state index in [1.165, 1.54) is 4.90 Å². The van der Waals surface area contributed by atoms with E-state index >= 15 is 0 Å². The Hall–Kier alpha value is -1.90. The third kappa shape index (κ3) is 1.80. The van der Waals surface area contributed by atoms with Crippen LogP contribution >= 0.6 is 0 Å². The second-order valence-corrected chi connectivity index (χ2v) is 5.96. The van der Waals surface area contributed by atoms with Gasteiger partial charge in [0, 0.05) is 0 Å². The van der Waals surface area contributed by atoms with Gasteiger partial charge in [-0.25, -0.2) is 4.90 Å². The second-order valence-electron chi connectivity index (χ2n) is 5.96. The van der Waals surface area contributed by atoms with Crippen molar-refractivity contribution in [1.29, 1.82) is 0 Å². The fourth-order valence-electron chi connectivity index (χ4n) is 3.44. The van der Waals surface area contributed by atoms with E-state index in [4.69, 9.17) is 0 Å². The molecule has 20 heavy (non-hydrogen) atoms. The number of benzene rings is 1. The molecule has 3 atom stereocenters. The summed E-state index contributed by atoms with van der Waals surface area (Å²) in [7, 11) is 0. The van der Waals surface area contributed by atoms with Gasteiger partial charge >= 0.3 is 0 Å². The van der Waals surface area contributed by atoms with E-state index in [2.05, 4.69) is 6.08 Å². The largest absolute Gasteiger partial charge is 0.274 e. The van der Waals surface area contributed by atoms with Crippen LogP contribution in [0.3, 0.4) is 0 Å². The van der Waals surface area contributed by atoms with E-state index in [0.29, 0.717) is 6.42 Å². The fourth-order valence-corrected chi connectivity index (χ4v) is 3.44. The second kappa shape index (κ2) is 4.58. The Balaban J connectivity index is 2.03. The maximum atomic E-state index is 12.7. The van der Waals surface area contributed by atoms with Crippen molar-refractivity contribution in [3.63, 3.8) is 0 Å². The number of allylic oxidation sites excluding steroid dienone is 2. The molecule has 3 rings (SSSR count). The molecule has 3 nitrogen and oxygen atoms in total. The summed E-state index contributed by atoms with van der Waals surface area (Å²) < 4.78 is 0. The van der Waals surface area contributed by atoms with Crippen LogP contribution in [0.15, 0.2) is 30.4 Å². The Bertz CT molecular complexity index is 617. The van der Waals surface area contributed by atoms with Crippen molar-refractivity contribution in [2.75, 3.05) is 4.90 Å². The molecule has 0 saturated carbocycles. The Morgan fingerprint density at radius 3 is 2.55 bits per heavy atom. The average molecular weight is 269 g/mol. The summed E-state index contributed by atoms with van der Waals surface area (Å²) in [4.78, 5) is 26.7. The lowest BCUT2D eigenvalue weighted by atomic mass is 9.78. The van der Waals surface area contributed by atoms with Gasteiger partial charge in [-0.1, -0.05) is 36.8 Å². The lowest BCUT2D eigenvalue weighted by Gasteiger charge is -2.22. The zero-order valence-corrected chi connectivity index (χ0v) is 12.1. The predicted octanol–water partition coefficient (Wildman–Crippen LogP) is 3.01. The Labute approximate surface area is 119 Å². The molecule has 1 aliphatic carbocycles. The minimum atomic E-state index is -0.187. The molecule has 0 bridgehead atoms. The SMILES string of the molecule is Cc1ccc(N2C(=O)[C@H]3[C@@H](C)C=CC[C@H]3C2=O)c(C)c1. The van der Waals surface area contributed by atoms with Crippen LogP contribution < -0.4 is 4.90 Å². The molecule has 0 spiro atoms. The Kier molecular flexibility index (Phi) is 3.00. The zero-order chi connectivity index (χ0) is 14.4. The lowest BCUT2D eigenvalue weighted by molar-refractivity contribution is -0.122. The van der Waals surface area contributed by atoms with Crippen LogP contribution in [-0.2, 0) is 9.59 Å². The smallest absolute Gasteiger partial charge is 0.238 e. The van der Waals surface area contributed by atoms with Gasteiger partial charge in [-0.05, 0) is 37.8 Å². The van der Waals surface area contributed by atoms with Crippen molar-refractivity contribution < 1.29 is 9.59 Å². The third-order valence-electron chi connectivity index (χ3n) is 4.47. The minimum absolute atomic E-state index is 0.0381. The molecule has 3 heteroatoms. The van der Waals surface area contributed by atoms with Crippen molar-refractivity contribution in [2.24, 2.45) is 17.8 Å². The molecule has 1 aromatic rings. The van der Waals surface area contributed by atoms with Gasteiger partial charge in [0.25, 0.3) is 0 Å². The number of fused-ring (bicyclic) bond motifs is 1. The molecule has 0 N–H and O–H groups in total. The number of amides is 2. The zero-order valence-electron chi connectivity index (χ0n) is 12.1. The van der Waals surface area contributed by atoms with Gasteiger partial charge < -0.3 is 0 Å². The number of anilines is 1. The van der Waals surface area contributed by atoms with Gasteiger partial charge in [-0.15, -0.1) is 0 Å². The molecular weight excluding hydrogens is 250 g/mol. The number of nitrogens with zero attached hydrogens (tertiary/aromatic N) is 1. The number of carbonyl (C=O) groups is 2. The monoisotopic (exact) mass is 269 g/mol. The van der Waals surface area contributed by atoms with Crippen LogP contribution in [0.2, 0.25) is 0 Å². The van der Waals surface area contributed by atoms with Gasteiger partial charge in [0.05, 0.1) is 17.5 Å². The first kappa shape index (κ1) is 13.1. The summed E-state index contributed by atoms with van der Waals surface area (Å²) in [5.74, 6) is -0.302. The number of rotatable bonds is 1. The molecule has 2 aliphatic rings. The molecule has 0 aromatic heterocycles. The predicted molar refractivity (Wildman–Crippen MR) is 78.3 cm³/mol. The molecule has 0 unspecified atom stereocenters. The Morgan fingerprint density at radius 2 is 1.90 bits per heavy atom. The molecule has 0 radical (unpaired) electrons. The fraction of sp³-hybridized carbons (Fsp3) is 0.412. The van der Waals surface area contributed by atoms with E-state index in [9.17, 15) is 9.59 Å². The van der Waals surface area contributed by atoms with E-state index in [1.54, 1.807) is 0 Å². The first-order valence-corrected chi connectivity index (χ1v) is 7.12. The highest BCUT2D eigenvalue weighted by molar-refractivity contribution is 6.22. The molecule has 1 aliphatic heterocycles. The maximum Gasteiger partial charge on any atom is 0.238 e. The van der Waals surface area contributed by atoms with Gasteiger partial charge in [0.15, 0.2) is 0 Å². The van der Waals surface area contributed by atoms with Crippen LogP contribution in [0.1, 0.15) is 24.5 Å². The third-order valence-corrected chi connectivity index (χ3v) is 4.47. The summed E-state index contributed by atoms with van der Waals surface area (Å²) in [5.41, 5.74) is 2.86. The van der Waals surface area contributed by atoms with Gasteiger partial charge in [0.1, 0.15) is 0 Å². The molecule has 1 aromatic carbocycles. The highest BCUT2D eigenvalue weighted by atomic mass is 16.2. The van der Waals surface area contributed by atoms with Crippen LogP contribution in [0.4, 0.5) is 5.69 Å². The van der Waals surface area contributed by atoms with Crippen LogP contribution in [0.25, 0.3) is 0 Å². The summed E-state index contributed by atoms with van der Waals surface area (Å²) in [5, 5.41) is 0. The quantitative estimate of drug-likeness (QED) is 0.580. The van der Waals surface area contributed by atoms with Crippen molar-refractivity contribution in [2.45, 2.75) is 27.2 Å². The Morgan fingerprint density at radius 1 is 1.15 bits per heavy atom. The van der Waals surface area contributed by atoms with E-state index in [-0.39, 0.29) is 29.6 Å². The number of hydrogen-bond donors (Lipinski definition) is 0. The molecular formula is C17H19NO2. The molecule has 1 heterocycles. The van der Waals surface area contributed by atoms with E-state index < -0.39 is 0 Å². The van der Waals surface area contributed by atoms with Crippen molar-refractivity contribution in [3.05, 3.63) is 41.5 Å². The highest BCUT2D eigenvalue weighted by Gasteiger charge is 2.50. The van der Waals surface area contributed by atoms with Crippen LogP contribution in [0, 0.1) is 31.6 Å². The van der Waals surface area contributed by atoms with Crippen molar-refractivity contribution >= 4 is 17.5 Å². The number of hydrogen-bond acceptors (Lipinski definition) is 2. The van der Waals surface area contributed by atoms with E-state index in [1.807, 2.05) is 45.0 Å². The summed E-state index contributed by atoms with van der Waals surface area (Å²) in [6, 6.07) is 5.85. The summed E-state index contributed by atoms with van der Waals surface area (Å²) in [6.45, 7) is 5.98. The summed E-state index contributed by atoms with van der Waals surface area (Å²) in [6.07, 6.45) is 4.77. The first-order valence-electron chi connectivity index (χ1n) is 7.12. The molecule has 1 saturated heterocycles. The standard InChI is InChI=1S/C17H19NO2/c1-10-7-8-14(12(3)9-10)18-16(19)13-6-4-5-11(2)15(13)17(18)20/h4-5,7-9,11,13,15H,6H2,1-3H3/t11-,13+,15-/m0/s1. The normalized spacial score (nSPS) is 28.9. The van der Waals surface area contributed by atoms with E-state index in [0.717, 1.165) is 16.8 Å². The minimum Gasteiger partial charge on any atom is -0.274 e. The van der Waals surface area contributed by atoms with Crippen molar-refractivity contribution in [3.8, 4) is 0 Å². The van der Waals surface area contributed by atoms with Crippen molar-refractivity contribution in [1.82, 2.24) is 0 Å². The van der Waals surface area contributed by atoms with Gasteiger partial charge in [-0.3, -0.25) is 9.59 Å². The number of carbonyl (C=O) groups excluding carboxylic acids is 2. The maximum absolute atomic E-state index is 12.7. The first-order chi connectivity index (χ1) is 9.50. The van der Waals surface area contributed by atoms with Crippen LogP contribution in [0.5, 0.6) is 0 Å². The average Bonchev–Trinajstić information content (AvgIpc) is 2.64.